The van der Waals surface area contributed by atoms with Crippen molar-refractivity contribution < 1.29 is 0 Å². The molecule has 0 bridgehead atoms. The molecule has 1 aromatic rings. The van der Waals surface area contributed by atoms with Crippen LogP contribution >= 0.6 is 11.3 Å². The molecular formula is C11H21N3S. The summed E-state index contributed by atoms with van der Waals surface area (Å²) >= 11 is 1.60. The molecule has 0 saturated carbocycles. The Kier molecular flexibility index (Phi) is 4.11. The maximum absolute atomic E-state index is 5.73. The van der Waals surface area contributed by atoms with Crippen molar-refractivity contribution in [2.24, 2.45) is 0 Å². The first-order chi connectivity index (χ1) is 6.92. The van der Waals surface area contributed by atoms with Gasteiger partial charge in [-0.1, -0.05) is 13.3 Å². The number of aryl methyl sites for hydroxylation is 1. The molecule has 0 aliphatic heterocycles. The highest BCUT2D eigenvalue weighted by molar-refractivity contribution is 7.15. The van der Waals surface area contributed by atoms with Gasteiger partial charge in [-0.2, -0.15) is 0 Å². The van der Waals surface area contributed by atoms with Crippen LogP contribution < -0.4 is 11.1 Å². The number of aromatic nitrogens is 1. The van der Waals surface area contributed by atoms with Crippen molar-refractivity contribution in [1.29, 1.82) is 0 Å². The molecule has 3 N–H and O–H groups in total. The van der Waals surface area contributed by atoms with E-state index in [4.69, 9.17) is 5.73 Å². The van der Waals surface area contributed by atoms with Crippen molar-refractivity contribution in [3.05, 3.63) is 10.6 Å². The molecule has 1 rings (SSSR count). The highest BCUT2D eigenvalue weighted by Crippen LogP contribution is 2.22. The Morgan fingerprint density at radius 2 is 2.07 bits per heavy atom. The lowest BCUT2D eigenvalue weighted by molar-refractivity contribution is 0.425. The number of hydrogen-bond donors (Lipinski definition) is 2. The number of thiazole rings is 1. The average Bonchev–Trinajstić information content (AvgIpc) is 2.42. The highest BCUT2D eigenvalue weighted by atomic mass is 32.1. The summed E-state index contributed by atoms with van der Waals surface area (Å²) in [4.78, 5) is 5.64. The van der Waals surface area contributed by atoms with Gasteiger partial charge in [-0.05, 0) is 27.2 Å². The monoisotopic (exact) mass is 227 g/mol. The Bertz CT molecular complexity index is 312. The smallest absolute Gasteiger partial charge is 0.180 e. The normalized spacial score (nSPS) is 12.0. The molecular weight excluding hydrogens is 206 g/mol. The van der Waals surface area contributed by atoms with Gasteiger partial charge in [0.1, 0.15) is 0 Å². The molecule has 0 aromatic carbocycles. The van der Waals surface area contributed by atoms with E-state index in [1.807, 2.05) is 0 Å². The summed E-state index contributed by atoms with van der Waals surface area (Å²) in [6.45, 7) is 9.52. The molecule has 0 aliphatic carbocycles. The van der Waals surface area contributed by atoms with E-state index < -0.39 is 0 Å². The van der Waals surface area contributed by atoms with Gasteiger partial charge in [0, 0.05) is 17.0 Å². The minimum absolute atomic E-state index is 0.141. The molecule has 0 atom stereocenters. The van der Waals surface area contributed by atoms with E-state index in [0.29, 0.717) is 5.13 Å². The van der Waals surface area contributed by atoms with Gasteiger partial charge in [-0.25, -0.2) is 4.98 Å². The fourth-order valence-corrected chi connectivity index (χ4v) is 2.14. The fourth-order valence-electron chi connectivity index (χ4n) is 1.32. The zero-order valence-corrected chi connectivity index (χ0v) is 10.9. The predicted molar refractivity (Wildman–Crippen MR) is 67.1 cm³/mol. The molecule has 1 aromatic heterocycles. The summed E-state index contributed by atoms with van der Waals surface area (Å²) in [6, 6.07) is 0. The quantitative estimate of drug-likeness (QED) is 0.831. The van der Waals surface area contributed by atoms with Gasteiger partial charge in [-0.3, -0.25) is 0 Å². The molecule has 0 amide bonds. The second kappa shape index (κ2) is 4.94. The molecule has 0 radical (unpaired) electrons. The molecule has 86 valence electrons. The van der Waals surface area contributed by atoms with Crippen LogP contribution in [0.15, 0.2) is 0 Å². The lowest BCUT2D eigenvalue weighted by Gasteiger charge is -2.20. The molecule has 4 heteroatoms. The zero-order chi connectivity index (χ0) is 11.5. The Balaban J connectivity index is 2.67. The molecule has 15 heavy (non-hydrogen) atoms. The SMILES string of the molecule is CCCc1nc(N)sc1CNC(C)(C)C. The maximum atomic E-state index is 5.73. The molecule has 0 fully saturated rings. The lowest BCUT2D eigenvalue weighted by atomic mass is 10.1. The van der Waals surface area contributed by atoms with Crippen molar-refractivity contribution in [3.8, 4) is 0 Å². The van der Waals surface area contributed by atoms with E-state index >= 15 is 0 Å². The summed E-state index contributed by atoms with van der Waals surface area (Å²) in [5.41, 5.74) is 7.03. The minimum atomic E-state index is 0.141. The van der Waals surface area contributed by atoms with E-state index in [1.165, 1.54) is 4.88 Å². The minimum Gasteiger partial charge on any atom is -0.375 e. The third kappa shape index (κ3) is 4.18. The second-order valence-corrected chi connectivity index (χ2v) is 5.89. The molecule has 0 spiro atoms. The summed E-state index contributed by atoms with van der Waals surface area (Å²) in [7, 11) is 0. The van der Waals surface area contributed by atoms with E-state index in [9.17, 15) is 0 Å². The molecule has 3 nitrogen and oxygen atoms in total. The van der Waals surface area contributed by atoms with Gasteiger partial charge in [-0.15, -0.1) is 11.3 Å². The number of nitrogens with zero attached hydrogens (tertiary/aromatic N) is 1. The van der Waals surface area contributed by atoms with Crippen molar-refractivity contribution in [2.45, 2.75) is 52.6 Å². The van der Waals surface area contributed by atoms with Crippen molar-refractivity contribution in [1.82, 2.24) is 10.3 Å². The lowest BCUT2D eigenvalue weighted by Crippen LogP contribution is -2.35. The first kappa shape index (κ1) is 12.5. The Hall–Kier alpha value is -0.610. The van der Waals surface area contributed by atoms with E-state index in [0.717, 1.165) is 25.1 Å². The van der Waals surface area contributed by atoms with Gasteiger partial charge >= 0.3 is 0 Å². The maximum Gasteiger partial charge on any atom is 0.180 e. The van der Waals surface area contributed by atoms with Gasteiger partial charge in [0.05, 0.1) is 5.69 Å². The van der Waals surface area contributed by atoms with Crippen molar-refractivity contribution >= 4 is 16.5 Å². The number of hydrogen-bond acceptors (Lipinski definition) is 4. The highest BCUT2D eigenvalue weighted by Gasteiger charge is 2.13. The third-order valence-electron chi connectivity index (χ3n) is 2.06. The summed E-state index contributed by atoms with van der Waals surface area (Å²) in [5.74, 6) is 0. The first-order valence-electron chi connectivity index (χ1n) is 5.41. The van der Waals surface area contributed by atoms with Gasteiger partial charge in [0.15, 0.2) is 5.13 Å². The number of nitrogen functional groups attached to an aromatic ring is 1. The first-order valence-corrected chi connectivity index (χ1v) is 6.23. The Morgan fingerprint density at radius 1 is 1.40 bits per heavy atom. The van der Waals surface area contributed by atoms with E-state index in [2.05, 4.69) is 38.0 Å². The molecule has 0 unspecified atom stereocenters. The van der Waals surface area contributed by atoms with Gasteiger partial charge in [0.2, 0.25) is 0 Å². The van der Waals surface area contributed by atoms with Gasteiger partial charge < -0.3 is 11.1 Å². The topological polar surface area (TPSA) is 50.9 Å². The second-order valence-electron chi connectivity index (χ2n) is 4.78. The van der Waals surface area contributed by atoms with E-state index in [-0.39, 0.29) is 5.54 Å². The number of rotatable bonds is 4. The van der Waals surface area contributed by atoms with Crippen molar-refractivity contribution in [3.63, 3.8) is 0 Å². The number of anilines is 1. The number of nitrogens with two attached hydrogens (primary N) is 1. The molecule has 0 saturated heterocycles. The van der Waals surface area contributed by atoms with Crippen LogP contribution in [-0.4, -0.2) is 10.5 Å². The Morgan fingerprint density at radius 3 is 2.60 bits per heavy atom. The molecule has 1 heterocycles. The fraction of sp³-hybridized carbons (Fsp3) is 0.727. The summed E-state index contributed by atoms with van der Waals surface area (Å²) < 4.78 is 0. The largest absolute Gasteiger partial charge is 0.375 e. The van der Waals surface area contributed by atoms with Crippen LogP contribution in [0, 0.1) is 0 Å². The van der Waals surface area contributed by atoms with Crippen LogP contribution in [0.25, 0.3) is 0 Å². The number of nitrogens with one attached hydrogen (secondary N) is 1. The van der Waals surface area contributed by atoms with Crippen LogP contribution in [-0.2, 0) is 13.0 Å². The summed E-state index contributed by atoms with van der Waals surface area (Å²) in [6.07, 6.45) is 2.14. The van der Waals surface area contributed by atoms with Crippen LogP contribution in [0.4, 0.5) is 5.13 Å². The molecule has 0 aliphatic rings. The van der Waals surface area contributed by atoms with Gasteiger partial charge in [0.25, 0.3) is 0 Å². The Labute approximate surface area is 96.1 Å². The van der Waals surface area contributed by atoms with Crippen LogP contribution in [0.5, 0.6) is 0 Å². The summed E-state index contributed by atoms with van der Waals surface area (Å²) in [5, 5.41) is 4.15. The van der Waals surface area contributed by atoms with Crippen LogP contribution in [0.1, 0.15) is 44.7 Å². The van der Waals surface area contributed by atoms with Crippen molar-refractivity contribution in [2.75, 3.05) is 5.73 Å². The predicted octanol–water partition coefficient (Wildman–Crippen LogP) is 2.57. The standard InChI is InChI=1S/C11H21N3S/c1-5-6-8-9(15-10(12)14-8)7-13-11(2,3)4/h13H,5-7H2,1-4H3,(H2,12,14). The third-order valence-corrected chi connectivity index (χ3v) is 2.99. The van der Waals surface area contributed by atoms with Crippen LogP contribution in [0.2, 0.25) is 0 Å². The average molecular weight is 227 g/mol. The van der Waals surface area contributed by atoms with E-state index in [1.54, 1.807) is 11.3 Å². The zero-order valence-electron chi connectivity index (χ0n) is 10.1. The van der Waals surface area contributed by atoms with Crippen LogP contribution in [0.3, 0.4) is 0 Å².